The van der Waals surface area contributed by atoms with Crippen LogP contribution in [-0.4, -0.2) is 47.1 Å². The van der Waals surface area contributed by atoms with Crippen molar-refractivity contribution >= 4 is 23.5 Å². The van der Waals surface area contributed by atoms with E-state index in [1.54, 1.807) is 29.2 Å². The van der Waals surface area contributed by atoms with Gasteiger partial charge in [0, 0.05) is 36.6 Å². The molecular weight excluding hydrogens is 534 g/mol. The van der Waals surface area contributed by atoms with E-state index in [-0.39, 0.29) is 65.1 Å². The Morgan fingerprint density at radius 2 is 1.70 bits per heavy atom. The third kappa shape index (κ3) is 7.33. The van der Waals surface area contributed by atoms with Crippen molar-refractivity contribution in [2.45, 2.75) is 64.2 Å². The van der Waals surface area contributed by atoms with Crippen LogP contribution in [0.3, 0.4) is 0 Å². The number of benzene rings is 2. The quantitative estimate of drug-likeness (QED) is 0.478. The van der Waals surface area contributed by atoms with Gasteiger partial charge in [-0.1, -0.05) is 38.1 Å². The van der Waals surface area contributed by atoms with Crippen molar-refractivity contribution in [2.24, 2.45) is 10.4 Å². The number of halogens is 3. The van der Waals surface area contributed by atoms with Crippen LogP contribution in [0.5, 0.6) is 0 Å². The van der Waals surface area contributed by atoms with Crippen LogP contribution in [0, 0.1) is 5.41 Å². The summed E-state index contributed by atoms with van der Waals surface area (Å²) >= 11 is 0. The number of hydrogen-bond donors (Lipinski definition) is 1. The number of carbonyl (C=O) groups excluding carboxylic acids is 3. The number of nitrogens with zero attached hydrogens (tertiary/aromatic N) is 2. The van der Waals surface area contributed by atoms with Gasteiger partial charge in [0.1, 0.15) is 11.4 Å². The summed E-state index contributed by atoms with van der Waals surface area (Å²) in [6.07, 6.45) is -1.43. The minimum atomic E-state index is -4.53. The van der Waals surface area contributed by atoms with Crippen molar-refractivity contribution < 1.29 is 62.2 Å². The van der Waals surface area contributed by atoms with Crippen molar-refractivity contribution in [1.82, 2.24) is 10.2 Å². The third-order valence-corrected chi connectivity index (χ3v) is 7.59. The van der Waals surface area contributed by atoms with Gasteiger partial charge in [-0.2, -0.15) is 13.2 Å². The van der Waals surface area contributed by atoms with Gasteiger partial charge in [0.15, 0.2) is 0 Å². The molecule has 1 heterocycles. The summed E-state index contributed by atoms with van der Waals surface area (Å²) in [5, 5.41) is 13.0. The molecule has 4 rings (SSSR count). The number of aliphatic carboxylic acids is 1. The van der Waals surface area contributed by atoms with Crippen LogP contribution < -0.4 is 40.0 Å². The molecule has 1 N–H and O–H groups in total. The van der Waals surface area contributed by atoms with E-state index in [9.17, 15) is 32.7 Å². The van der Waals surface area contributed by atoms with Crippen LogP contribution in [0.4, 0.5) is 13.2 Å². The Morgan fingerprint density at radius 1 is 1.05 bits per heavy atom. The normalized spacial score (nSPS) is 17.8. The molecule has 2 aromatic rings. The molecule has 2 aromatic carbocycles. The Hall–Kier alpha value is -2.69. The average molecular weight is 566 g/mol. The van der Waals surface area contributed by atoms with E-state index in [0.717, 1.165) is 30.5 Å². The molecule has 7 nitrogen and oxygen atoms in total. The van der Waals surface area contributed by atoms with Gasteiger partial charge in [-0.3, -0.25) is 14.6 Å². The second-order valence-corrected chi connectivity index (χ2v) is 11.0. The maximum absolute atomic E-state index is 13.6. The third-order valence-electron chi connectivity index (χ3n) is 7.59. The summed E-state index contributed by atoms with van der Waals surface area (Å²) < 4.78 is 40.1. The first kappa shape index (κ1) is 31.8. The second kappa shape index (κ2) is 12.4. The number of rotatable bonds is 8. The molecule has 1 aliphatic carbocycles. The Kier molecular flexibility index (Phi) is 9.91. The van der Waals surface area contributed by atoms with Crippen molar-refractivity contribution in [2.75, 3.05) is 13.1 Å². The molecule has 11 heteroatoms. The molecule has 1 aliphatic heterocycles. The molecule has 0 aromatic heterocycles. The topological polar surface area (TPSA) is 102 Å². The summed E-state index contributed by atoms with van der Waals surface area (Å²) in [6, 6.07) is 11.5. The van der Waals surface area contributed by atoms with Gasteiger partial charge in [-0.15, -0.1) is 0 Å². The van der Waals surface area contributed by atoms with Crippen LogP contribution in [0.25, 0.3) is 0 Å². The summed E-state index contributed by atoms with van der Waals surface area (Å²) in [6.45, 7) is 4.61. The first-order chi connectivity index (χ1) is 18.3. The number of hydrogen-bond acceptors (Lipinski definition) is 5. The number of carboxylic acid groups (broad SMARTS) is 1. The molecule has 1 spiro atoms. The molecule has 40 heavy (non-hydrogen) atoms. The van der Waals surface area contributed by atoms with Crippen LogP contribution in [-0.2, 0) is 22.2 Å². The number of nitrogens with one attached hydrogen (secondary N) is 1. The fraction of sp³-hybridized carbons (Fsp3) is 0.448. The number of amides is 2. The molecule has 2 amide bonds. The van der Waals surface area contributed by atoms with Crippen LogP contribution in [0.1, 0.15) is 73.0 Å². The number of alkyl halides is 3. The zero-order valence-corrected chi connectivity index (χ0v) is 24.9. The maximum Gasteiger partial charge on any atom is 1.00 e. The van der Waals surface area contributed by atoms with Crippen LogP contribution >= 0.6 is 0 Å². The Labute approximate surface area is 253 Å². The monoisotopic (exact) mass is 565 g/mol. The van der Waals surface area contributed by atoms with E-state index >= 15 is 0 Å². The molecule has 0 atom stereocenters. The summed E-state index contributed by atoms with van der Waals surface area (Å²) in [5.74, 6) is -2.03. The van der Waals surface area contributed by atoms with Gasteiger partial charge in [-0.05, 0) is 67.3 Å². The molecule has 208 valence electrons. The molecule has 0 unspecified atom stereocenters. The molecule has 2 aliphatic rings. The summed E-state index contributed by atoms with van der Waals surface area (Å²) in [7, 11) is 0. The van der Waals surface area contributed by atoms with E-state index in [2.05, 4.69) is 19.2 Å². The Bertz CT molecular complexity index is 1280. The fourth-order valence-corrected chi connectivity index (χ4v) is 5.13. The summed E-state index contributed by atoms with van der Waals surface area (Å²) in [5.41, 5.74) is -0.0687. The van der Waals surface area contributed by atoms with Crippen LogP contribution in [0.15, 0.2) is 53.5 Å². The predicted molar refractivity (Wildman–Crippen MR) is 137 cm³/mol. The first-order valence-corrected chi connectivity index (χ1v) is 13.0. The largest absolute Gasteiger partial charge is 1.00 e. The average Bonchev–Trinajstić information content (AvgIpc) is 3.15. The summed E-state index contributed by atoms with van der Waals surface area (Å²) in [4.78, 5) is 42.9. The Balaban J connectivity index is 0.00000441. The van der Waals surface area contributed by atoms with Gasteiger partial charge in [0.2, 0.25) is 0 Å². The Morgan fingerprint density at radius 3 is 2.30 bits per heavy atom. The zero-order chi connectivity index (χ0) is 28.4. The smallest absolute Gasteiger partial charge is 0.550 e. The maximum atomic E-state index is 13.6. The van der Waals surface area contributed by atoms with E-state index < -0.39 is 29.3 Å². The standard InChI is InChI=1S/C29H32F3N3O4.Na/c1-27(2)12-14-28(15-13-27)34-24(21-4-3-5-22(18-21)29(30,31)32)26(39)35(28)17-11-19-6-8-20(9-7-19)25(38)33-16-10-23(36)37;/h3-9,18H,10-17H2,1-2H3,(H,33,38)(H,36,37);/q;+1/p-1. The van der Waals surface area contributed by atoms with Gasteiger partial charge in [0.25, 0.3) is 11.8 Å². The van der Waals surface area contributed by atoms with Crippen molar-refractivity contribution in [3.63, 3.8) is 0 Å². The molecule has 1 saturated carbocycles. The second-order valence-electron chi connectivity index (χ2n) is 11.0. The van der Waals surface area contributed by atoms with Crippen molar-refractivity contribution in [1.29, 1.82) is 0 Å². The molecule has 1 fully saturated rings. The molecule has 0 saturated heterocycles. The van der Waals surface area contributed by atoms with Crippen LogP contribution in [0.2, 0.25) is 0 Å². The number of carbonyl (C=O) groups is 3. The molecular formula is C29H31F3N3NaO4. The number of carboxylic acids is 1. The first-order valence-electron chi connectivity index (χ1n) is 13.0. The molecule has 0 bridgehead atoms. The fourth-order valence-electron chi connectivity index (χ4n) is 5.13. The van der Waals surface area contributed by atoms with Gasteiger partial charge in [-0.25, -0.2) is 0 Å². The van der Waals surface area contributed by atoms with E-state index in [1.807, 2.05) is 0 Å². The zero-order valence-electron chi connectivity index (χ0n) is 22.9. The minimum Gasteiger partial charge on any atom is -0.550 e. The SMILES string of the molecule is CC1(C)CCC2(CC1)N=C(c1cccc(C(F)(F)F)c1)C(=O)N2CCc1ccc(C(=O)NCCC(=O)[O-])cc1.[Na+]. The van der Waals surface area contributed by atoms with E-state index in [4.69, 9.17) is 4.99 Å². The van der Waals surface area contributed by atoms with Gasteiger partial charge in [0.05, 0.1) is 5.56 Å². The molecule has 0 radical (unpaired) electrons. The van der Waals surface area contributed by atoms with Gasteiger partial charge < -0.3 is 20.1 Å². The van der Waals surface area contributed by atoms with Crippen molar-refractivity contribution in [3.05, 3.63) is 70.8 Å². The van der Waals surface area contributed by atoms with E-state index in [0.29, 0.717) is 31.4 Å². The van der Waals surface area contributed by atoms with Crippen molar-refractivity contribution in [3.8, 4) is 0 Å². The minimum absolute atomic E-state index is 0. The van der Waals surface area contributed by atoms with E-state index in [1.165, 1.54) is 12.1 Å². The predicted octanol–water partition coefficient (Wildman–Crippen LogP) is 0.750. The number of aliphatic imine (C=N–C) groups is 1. The van der Waals surface area contributed by atoms with Gasteiger partial charge >= 0.3 is 35.7 Å².